The summed E-state index contributed by atoms with van der Waals surface area (Å²) in [6, 6.07) is 6.33. The monoisotopic (exact) mass is 291 g/mol. The number of nitrogens with one attached hydrogen (secondary N) is 1. The van der Waals surface area contributed by atoms with E-state index in [1.807, 2.05) is 43.2 Å². The first kappa shape index (κ1) is 13.3. The van der Waals surface area contributed by atoms with Crippen molar-refractivity contribution in [1.82, 2.24) is 14.9 Å². The third kappa shape index (κ3) is 2.62. The van der Waals surface area contributed by atoms with E-state index in [2.05, 4.69) is 16.4 Å². The lowest BCUT2D eigenvalue weighted by Crippen LogP contribution is -2.18. The van der Waals surface area contributed by atoms with E-state index in [4.69, 9.17) is 9.47 Å². The first-order chi connectivity index (χ1) is 9.78. The Bertz CT molecular complexity index is 600. The maximum atomic E-state index is 5.43. The minimum Gasteiger partial charge on any atom is -0.454 e. The molecule has 1 aliphatic heterocycles. The lowest BCUT2D eigenvalue weighted by molar-refractivity contribution is 0.174. The van der Waals surface area contributed by atoms with Gasteiger partial charge >= 0.3 is 0 Å². The smallest absolute Gasteiger partial charge is 0.231 e. The van der Waals surface area contributed by atoms with Crippen molar-refractivity contribution in [3.05, 3.63) is 36.2 Å². The molecule has 5 nitrogen and oxygen atoms in total. The molecule has 0 radical (unpaired) electrons. The summed E-state index contributed by atoms with van der Waals surface area (Å²) in [4.78, 5) is 4.33. The highest BCUT2D eigenvalue weighted by Gasteiger charge is 2.17. The maximum absolute atomic E-state index is 5.43. The predicted octanol–water partition coefficient (Wildman–Crippen LogP) is 2.20. The number of rotatable bonds is 5. The Kier molecular flexibility index (Phi) is 3.84. The molecule has 6 heteroatoms. The van der Waals surface area contributed by atoms with Gasteiger partial charge in [0.15, 0.2) is 16.7 Å². The fraction of sp³-hybridized carbons (Fsp3) is 0.357. The molecule has 1 atom stereocenters. The Hall–Kier alpha value is -1.66. The first-order valence-electron chi connectivity index (χ1n) is 6.45. The zero-order chi connectivity index (χ0) is 13.9. The molecule has 1 N–H and O–H groups in total. The molecule has 1 aliphatic rings. The normalized spacial score (nSPS) is 14.5. The second-order valence-electron chi connectivity index (χ2n) is 4.59. The summed E-state index contributed by atoms with van der Waals surface area (Å²) < 4.78 is 12.8. The molecule has 0 spiro atoms. The molecule has 0 aliphatic carbocycles. The first-order valence-corrected chi connectivity index (χ1v) is 7.43. The van der Waals surface area contributed by atoms with Crippen molar-refractivity contribution in [1.29, 1.82) is 0 Å². The number of aromatic nitrogens is 2. The molecule has 2 aromatic rings. The standard InChI is InChI=1S/C14H17N3O2S/c1-15-11(8-20-14-16-5-6-17(14)2)10-3-4-12-13(7-10)19-9-18-12/h3-7,11,15H,8-9H2,1-2H3. The number of thioether (sulfide) groups is 1. The quantitative estimate of drug-likeness (QED) is 0.856. The maximum Gasteiger partial charge on any atom is 0.231 e. The third-order valence-corrected chi connectivity index (χ3v) is 4.46. The molecule has 2 heterocycles. The Morgan fingerprint density at radius 3 is 3.00 bits per heavy atom. The van der Waals surface area contributed by atoms with E-state index in [0.717, 1.165) is 22.4 Å². The number of fused-ring (bicyclic) bond motifs is 1. The van der Waals surface area contributed by atoms with Gasteiger partial charge in [-0.2, -0.15) is 0 Å². The molecule has 1 aromatic heterocycles. The largest absolute Gasteiger partial charge is 0.454 e. The summed E-state index contributed by atoms with van der Waals surface area (Å²) in [5, 5.41) is 4.36. The van der Waals surface area contributed by atoms with Crippen LogP contribution in [0.2, 0.25) is 0 Å². The summed E-state index contributed by atoms with van der Waals surface area (Å²) in [6.45, 7) is 0.311. The van der Waals surface area contributed by atoms with E-state index in [9.17, 15) is 0 Å². The topological polar surface area (TPSA) is 48.3 Å². The Morgan fingerprint density at radius 2 is 2.25 bits per heavy atom. The number of imidazole rings is 1. The van der Waals surface area contributed by atoms with Gasteiger partial charge in [0, 0.05) is 31.2 Å². The van der Waals surface area contributed by atoms with Crippen LogP contribution in [0.4, 0.5) is 0 Å². The number of aryl methyl sites for hydroxylation is 1. The van der Waals surface area contributed by atoms with Crippen molar-refractivity contribution in [2.75, 3.05) is 19.6 Å². The number of benzene rings is 1. The van der Waals surface area contributed by atoms with Crippen molar-refractivity contribution in [2.45, 2.75) is 11.2 Å². The molecule has 0 saturated heterocycles. The average Bonchev–Trinajstić information content (AvgIpc) is 3.08. The van der Waals surface area contributed by atoms with Crippen molar-refractivity contribution < 1.29 is 9.47 Å². The van der Waals surface area contributed by atoms with Crippen molar-refractivity contribution >= 4 is 11.8 Å². The molecule has 0 amide bonds. The number of hydrogen-bond acceptors (Lipinski definition) is 5. The predicted molar refractivity (Wildman–Crippen MR) is 78.3 cm³/mol. The zero-order valence-corrected chi connectivity index (χ0v) is 12.3. The lowest BCUT2D eigenvalue weighted by atomic mass is 10.1. The summed E-state index contributed by atoms with van der Waals surface area (Å²) >= 11 is 1.73. The van der Waals surface area contributed by atoms with Gasteiger partial charge in [0.25, 0.3) is 0 Å². The molecule has 0 saturated carbocycles. The summed E-state index contributed by atoms with van der Waals surface area (Å²) in [7, 11) is 3.97. The molecule has 1 aromatic carbocycles. The van der Waals surface area contributed by atoms with Crippen molar-refractivity contribution in [2.24, 2.45) is 7.05 Å². The minimum absolute atomic E-state index is 0.242. The number of ether oxygens (including phenoxy) is 2. The van der Waals surface area contributed by atoms with Crippen LogP contribution >= 0.6 is 11.8 Å². The van der Waals surface area contributed by atoms with Gasteiger partial charge in [-0.1, -0.05) is 17.8 Å². The molecule has 106 valence electrons. The zero-order valence-electron chi connectivity index (χ0n) is 11.5. The highest BCUT2D eigenvalue weighted by Crippen LogP contribution is 2.35. The molecule has 1 unspecified atom stereocenters. The average molecular weight is 291 g/mol. The van der Waals surface area contributed by atoms with E-state index in [1.54, 1.807) is 11.8 Å². The SMILES string of the molecule is CNC(CSc1nccn1C)c1ccc2c(c1)OCO2. The molecule has 20 heavy (non-hydrogen) atoms. The van der Waals surface area contributed by atoms with Gasteiger partial charge in [-0.05, 0) is 24.7 Å². The van der Waals surface area contributed by atoms with E-state index >= 15 is 0 Å². The van der Waals surface area contributed by atoms with Gasteiger partial charge in [-0.25, -0.2) is 4.98 Å². The lowest BCUT2D eigenvalue weighted by Gasteiger charge is -2.16. The minimum atomic E-state index is 0.242. The summed E-state index contributed by atoms with van der Waals surface area (Å²) in [5.41, 5.74) is 1.19. The van der Waals surface area contributed by atoms with Crippen molar-refractivity contribution in [3.8, 4) is 11.5 Å². The van der Waals surface area contributed by atoms with Crippen LogP contribution in [0.5, 0.6) is 11.5 Å². The van der Waals surface area contributed by atoms with Gasteiger partial charge < -0.3 is 19.4 Å². The summed E-state index contributed by atoms with van der Waals surface area (Å²) in [5.74, 6) is 2.55. The van der Waals surface area contributed by atoms with Crippen LogP contribution in [-0.2, 0) is 7.05 Å². The van der Waals surface area contributed by atoms with Gasteiger partial charge in [-0.15, -0.1) is 0 Å². The van der Waals surface area contributed by atoms with Crippen LogP contribution in [0.25, 0.3) is 0 Å². The Balaban J connectivity index is 1.71. The van der Waals surface area contributed by atoms with Crippen LogP contribution in [0.3, 0.4) is 0 Å². The second-order valence-corrected chi connectivity index (χ2v) is 5.57. The summed E-state index contributed by atoms with van der Waals surface area (Å²) in [6.07, 6.45) is 3.77. The fourth-order valence-electron chi connectivity index (χ4n) is 2.12. The molecular formula is C14H17N3O2S. The van der Waals surface area contributed by atoms with E-state index in [0.29, 0.717) is 6.79 Å². The van der Waals surface area contributed by atoms with E-state index < -0.39 is 0 Å². The van der Waals surface area contributed by atoms with Gasteiger partial charge in [-0.3, -0.25) is 0 Å². The Labute approximate surface area is 122 Å². The Morgan fingerprint density at radius 1 is 1.40 bits per heavy atom. The van der Waals surface area contributed by atoms with E-state index in [1.165, 1.54) is 5.56 Å². The van der Waals surface area contributed by atoms with Gasteiger partial charge in [0.2, 0.25) is 6.79 Å². The number of hydrogen-bond donors (Lipinski definition) is 1. The third-order valence-electron chi connectivity index (χ3n) is 3.30. The van der Waals surface area contributed by atoms with E-state index in [-0.39, 0.29) is 6.04 Å². The highest BCUT2D eigenvalue weighted by atomic mass is 32.2. The molecule has 3 rings (SSSR count). The fourth-order valence-corrected chi connectivity index (χ4v) is 3.20. The van der Waals surface area contributed by atoms with Gasteiger partial charge in [0.05, 0.1) is 0 Å². The highest BCUT2D eigenvalue weighted by molar-refractivity contribution is 7.99. The molecular weight excluding hydrogens is 274 g/mol. The van der Waals surface area contributed by atoms with Crippen LogP contribution in [0.1, 0.15) is 11.6 Å². The van der Waals surface area contributed by atoms with Crippen LogP contribution in [0, 0.1) is 0 Å². The molecule has 0 fully saturated rings. The number of nitrogens with zero attached hydrogens (tertiary/aromatic N) is 2. The van der Waals surface area contributed by atoms with Crippen molar-refractivity contribution in [3.63, 3.8) is 0 Å². The van der Waals surface area contributed by atoms with Gasteiger partial charge in [0.1, 0.15) is 0 Å². The second kappa shape index (κ2) is 5.76. The van der Waals surface area contributed by atoms with Crippen LogP contribution in [-0.4, -0.2) is 29.1 Å². The molecule has 0 bridgehead atoms. The van der Waals surface area contributed by atoms with Crippen LogP contribution in [0.15, 0.2) is 35.7 Å². The van der Waals surface area contributed by atoms with Crippen LogP contribution < -0.4 is 14.8 Å².